The lowest BCUT2D eigenvalue weighted by Crippen LogP contribution is -2.45. The van der Waals surface area contributed by atoms with E-state index >= 15 is 0 Å². The monoisotopic (exact) mass is 402 g/mol. The lowest BCUT2D eigenvalue weighted by Gasteiger charge is -2.33. The molecule has 0 aliphatic heterocycles. The van der Waals surface area contributed by atoms with Crippen LogP contribution in [0.3, 0.4) is 0 Å². The van der Waals surface area contributed by atoms with Crippen molar-refractivity contribution in [1.82, 2.24) is 10.2 Å². The van der Waals surface area contributed by atoms with Crippen LogP contribution in [-0.2, 0) is 20.9 Å². The number of rotatable bonds is 9. The van der Waals surface area contributed by atoms with E-state index in [-0.39, 0.29) is 17.7 Å². The predicted molar refractivity (Wildman–Crippen MR) is 111 cm³/mol. The molecule has 2 rings (SSSR count). The second kappa shape index (κ2) is 10.8. The van der Waals surface area contributed by atoms with Crippen LogP contribution in [0.5, 0.6) is 0 Å². The first-order valence-electron chi connectivity index (χ1n) is 9.30. The molecule has 6 heteroatoms. The summed E-state index contributed by atoms with van der Waals surface area (Å²) in [6.07, 6.45) is 0. The fraction of sp³-hybridized carbons (Fsp3) is 0.364. The van der Waals surface area contributed by atoms with E-state index in [1.54, 1.807) is 24.1 Å². The van der Waals surface area contributed by atoms with Gasteiger partial charge in [0.1, 0.15) is 6.04 Å². The van der Waals surface area contributed by atoms with E-state index in [9.17, 15) is 9.59 Å². The summed E-state index contributed by atoms with van der Waals surface area (Å²) in [5.41, 5.74) is 1.67. The summed E-state index contributed by atoms with van der Waals surface area (Å²) in [6.45, 7) is 4.77. The Bertz CT molecular complexity index is 763. The van der Waals surface area contributed by atoms with Crippen LogP contribution in [0.15, 0.2) is 54.6 Å². The van der Waals surface area contributed by atoms with Gasteiger partial charge in [-0.2, -0.15) is 0 Å². The van der Waals surface area contributed by atoms with Crippen LogP contribution in [0, 0.1) is 5.92 Å². The van der Waals surface area contributed by atoms with Gasteiger partial charge in [-0.05, 0) is 23.3 Å². The number of halogens is 1. The number of carbonyl (C=O) groups excluding carboxylic acids is 2. The SMILES string of the molecule is COCCNC(=O)[C@@H](c1ccccc1)N(Cc1ccc(Cl)cc1)C(=O)C(C)C. The van der Waals surface area contributed by atoms with Crippen LogP contribution in [-0.4, -0.2) is 37.0 Å². The number of hydrogen-bond acceptors (Lipinski definition) is 3. The molecule has 0 spiro atoms. The summed E-state index contributed by atoms with van der Waals surface area (Å²) < 4.78 is 5.02. The standard InChI is InChI=1S/C22H27ClN2O3/c1-16(2)22(27)25(15-17-9-11-19(23)12-10-17)20(18-7-5-4-6-8-18)21(26)24-13-14-28-3/h4-12,16,20H,13-15H2,1-3H3,(H,24,26)/t20-/m1/s1. The Kier molecular flexibility index (Phi) is 8.48. The third-order valence-electron chi connectivity index (χ3n) is 4.32. The van der Waals surface area contributed by atoms with E-state index in [0.29, 0.717) is 24.7 Å². The molecule has 0 radical (unpaired) electrons. The fourth-order valence-corrected chi connectivity index (χ4v) is 3.02. The van der Waals surface area contributed by atoms with Gasteiger partial charge in [-0.25, -0.2) is 0 Å². The van der Waals surface area contributed by atoms with Crippen molar-refractivity contribution in [2.24, 2.45) is 5.92 Å². The molecular formula is C22H27ClN2O3. The van der Waals surface area contributed by atoms with E-state index in [2.05, 4.69) is 5.32 Å². The molecule has 0 saturated carbocycles. The quantitative estimate of drug-likeness (QED) is 0.648. The third kappa shape index (κ3) is 6.08. The smallest absolute Gasteiger partial charge is 0.247 e. The van der Waals surface area contributed by atoms with Gasteiger partial charge in [0, 0.05) is 31.1 Å². The van der Waals surface area contributed by atoms with Gasteiger partial charge in [-0.15, -0.1) is 0 Å². The maximum absolute atomic E-state index is 13.1. The van der Waals surface area contributed by atoms with Gasteiger partial charge in [0.15, 0.2) is 0 Å². The molecule has 1 N–H and O–H groups in total. The second-order valence-electron chi connectivity index (χ2n) is 6.84. The highest BCUT2D eigenvalue weighted by atomic mass is 35.5. The largest absolute Gasteiger partial charge is 0.383 e. The van der Waals surface area contributed by atoms with Gasteiger partial charge in [-0.3, -0.25) is 9.59 Å². The number of ether oxygens (including phenoxy) is 1. The first-order chi connectivity index (χ1) is 13.4. The third-order valence-corrected chi connectivity index (χ3v) is 4.58. The average Bonchev–Trinajstić information content (AvgIpc) is 2.69. The number of hydrogen-bond donors (Lipinski definition) is 1. The molecule has 0 aliphatic rings. The van der Waals surface area contributed by atoms with Gasteiger partial charge in [0.05, 0.1) is 6.61 Å². The van der Waals surface area contributed by atoms with Crippen LogP contribution >= 0.6 is 11.6 Å². The molecule has 0 fully saturated rings. The summed E-state index contributed by atoms with van der Waals surface area (Å²) in [5.74, 6) is -0.567. The molecule has 2 aromatic carbocycles. The van der Waals surface area contributed by atoms with Crippen molar-refractivity contribution in [3.63, 3.8) is 0 Å². The van der Waals surface area contributed by atoms with Crippen LogP contribution < -0.4 is 5.32 Å². The summed E-state index contributed by atoms with van der Waals surface area (Å²) in [6, 6.07) is 15.9. The zero-order chi connectivity index (χ0) is 20.5. The molecule has 0 aromatic heterocycles. The first kappa shape index (κ1) is 21.9. The molecule has 0 aliphatic carbocycles. The first-order valence-corrected chi connectivity index (χ1v) is 9.68. The van der Waals surface area contributed by atoms with Gasteiger partial charge in [0.2, 0.25) is 11.8 Å². The van der Waals surface area contributed by atoms with Crippen molar-refractivity contribution in [3.05, 3.63) is 70.7 Å². The molecule has 0 heterocycles. The van der Waals surface area contributed by atoms with Crippen LogP contribution in [0.1, 0.15) is 31.0 Å². The van der Waals surface area contributed by atoms with Crippen molar-refractivity contribution in [2.75, 3.05) is 20.3 Å². The van der Waals surface area contributed by atoms with Gasteiger partial charge >= 0.3 is 0 Å². The Morgan fingerprint density at radius 1 is 1.07 bits per heavy atom. The highest BCUT2D eigenvalue weighted by Gasteiger charge is 2.32. The van der Waals surface area contributed by atoms with Crippen LogP contribution in [0.25, 0.3) is 0 Å². The molecule has 2 amide bonds. The number of carbonyl (C=O) groups is 2. The van der Waals surface area contributed by atoms with Crippen molar-refractivity contribution < 1.29 is 14.3 Å². The van der Waals surface area contributed by atoms with Gasteiger partial charge < -0.3 is 15.0 Å². The molecule has 0 bridgehead atoms. The lowest BCUT2D eigenvalue weighted by molar-refractivity contribution is -0.144. The average molecular weight is 403 g/mol. The molecule has 5 nitrogen and oxygen atoms in total. The fourth-order valence-electron chi connectivity index (χ4n) is 2.90. The van der Waals surface area contributed by atoms with Gasteiger partial charge in [0.25, 0.3) is 0 Å². The number of benzene rings is 2. The topological polar surface area (TPSA) is 58.6 Å². The summed E-state index contributed by atoms with van der Waals surface area (Å²) in [7, 11) is 1.58. The zero-order valence-corrected chi connectivity index (χ0v) is 17.3. The van der Waals surface area contributed by atoms with E-state index in [4.69, 9.17) is 16.3 Å². The van der Waals surface area contributed by atoms with E-state index in [0.717, 1.165) is 11.1 Å². The minimum absolute atomic E-state index is 0.0919. The number of methoxy groups -OCH3 is 1. The summed E-state index contributed by atoms with van der Waals surface area (Å²) >= 11 is 5.98. The molecule has 0 unspecified atom stereocenters. The Morgan fingerprint density at radius 2 is 1.71 bits per heavy atom. The molecule has 1 atom stereocenters. The predicted octanol–water partition coefficient (Wildman–Crippen LogP) is 3.83. The minimum Gasteiger partial charge on any atom is -0.383 e. The summed E-state index contributed by atoms with van der Waals surface area (Å²) in [4.78, 5) is 27.7. The normalized spacial score (nSPS) is 11.9. The van der Waals surface area contributed by atoms with Crippen molar-refractivity contribution in [1.29, 1.82) is 0 Å². The molecule has 0 saturated heterocycles. The maximum atomic E-state index is 13.1. The molecule has 28 heavy (non-hydrogen) atoms. The van der Waals surface area contributed by atoms with E-state index in [1.807, 2.05) is 56.3 Å². The maximum Gasteiger partial charge on any atom is 0.247 e. The minimum atomic E-state index is -0.733. The van der Waals surface area contributed by atoms with Crippen LogP contribution in [0.4, 0.5) is 0 Å². The highest BCUT2D eigenvalue weighted by Crippen LogP contribution is 2.26. The van der Waals surface area contributed by atoms with E-state index in [1.165, 1.54) is 0 Å². The van der Waals surface area contributed by atoms with Crippen molar-refractivity contribution >= 4 is 23.4 Å². The molecular weight excluding hydrogens is 376 g/mol. The Labute approximate surface area is 171 Å². The highest BCUT2D eigenvalue weighted by molar-refractivity contribution is 6.30. The number of nitrogens with one attached hydrogen (secondary N) is 1. The molecule has 150 valence electrons. The van der Waals surface area contributed by atoms with Crippen molar-refractivity contribution in [2.45, 2.75) is 26.4 Å². The Hall–Kier alpha value is -2.37. The van der Waals surface area contributed by atoms with Gasteiger partial charge in [-0.1, -0.05) is 67.9 Å². The summed E-state index contributed by atoms with van der Waals surface area (Å²) in [5, 5.41) is 3.50. The second-order valence-corrected chi connectivity index (χ2v) is 7.28. The zero-order valence-electron chi connectivity index (χ0n) is 16.5. The Morgan fingerprint density at radius 3 is 2.29 bits per heavy atom. The number of nitrogens with zero attached hydrogens (tertiary/aromatic N) is 1. The molecule has 2 aromatic rings. The van der Waals surface area contributed by atoms with E-state index < -0.39 is 6.04 Å². The lowest BCUT2D eigenvalue weighted by atomic mass is 10.0. The Balaban J connectivity index is 2.39. The van der Waals surface area contributed by atoms with Crippen LogP contribution in [0.2, 0.25) is 5.02 Å². The number of amides is 2. The van der Waals surface area contributed by atoms with Crippen molar-refractivity contribution in [3.8, 4) is 0 Å².